The second-order valence-corrected chi connectivity index (χ2v) is 7.12. The van der Waals surface area contributed by atoms with Crippen molar-refractivity contribution in [3.63, 3.8) is 0 Å². The average molecular weight is 380 g/mol. The number of aryl methyl sites for hydroxylation is 1. The minimum Gasteiger partial charge on any atom is -0.494 e. The predicted octanol–water partition coefficient (Wildman–Crippen LogP) is 4.42. The maximum absolute atomic E-state index is 12.6. The Kier molecular flexibility index (Phi) is 6.69. The lowest BCUT2D eigenvalue weighted by Crippen LogP contribution is -2.28. The molecule has 1 aliphatic rings. The van der Waals surface area contributed by atoms with Crippen molar-refractivity contribution in [2.75, 3.05) is 23.4 Å². The first-order valence-corrected chi connectivity index (χ1v) is 10.0. The average Bonchev–Trinajstić information content (AvgIpc) is 3.10. The molecule has 1 unspecified atom stereocenters. The van der Waals surface area contributed by atoms with Crippen molar-refractivity contribution in [1.82, 2.24) is 0 Å². The highest BCUT2D eigenvalue weighted by Gasteiger charge is 2.35. The van der Waals surface area contributed by atoms with Crippen LogP contribution in [0.1, 0.15) is 38.7 Å². The first kappa shape index (κ1) is 19.9. The summed E-state index contributed by atoms with van der Waals surface area (Å²) in [6.45, 7) is 5.10. The van der Waals surface area contributed by atoms with Gasteiger partial charge in [-0.2, -0.15) is 0 Å². The van der Waals surface area contributed by atoms with E-state index in [1.165, 1.54) is 12.0 Å². The van der Waals surface area contributed by atoms with Crippen LogP contribution in [0, 0.1) is 5.92 Å². The van der Waals surface area contributed by atoms with Gasteiger partial charge >= 0.3 is 0 Å². The minimum absolute atomic E-state index is 0.0285. The van der Waals surface area contributed by atoms with Gasteiger partial charge in [-0.05, 0) is 61.7 Å². The van der Waals surface area contributed by atoms with Crippen LogP contribution in [-0.2, 0) is 16.0 Å². The van der Waals surface area contributed by atoms with Gasteiger partial charge in [-0.25, -0.2) is 0 Å². The van der Waals surface area contributed by atoms with Crippen LogP contribution in [0.25, 0.3) is 0 Å². The van der Waals surface area contributed by atoms with Crippen LogP contribution in [0.3, 0.4) is 0 Å². The van der Waals surface area contributed by atoms with Crippen LogP contribution in [-0.4, -0.2) is 25.0 Å². The Hall–Kier alpha value is -2.82. The lowest BCUT2D eigenvalue weighted by atomic mass is 10.1. The topological polar surface area (TPSA) is 58.6 Å². The summed E-state index contributed by atoms with van der Waals surface area (Å²) in [4.78, 5) is 26.7. The van der Waals surface area contributed by atoms with Gasteiger partial charge in [0.05, 0.1) is 12.5 Å². The molecule has 148 valence electrons. The monoisotopic (exact) mass is 380 g/mol. The third-order valence-electron chi connectivity index (χ3n) is 5.00. The number of carbonyl (C=O) groups excluding carboxylic acids is 2. The molecule has 0 spiro atoms. The predicted molar refractivity (Wildman–Crippen MR) is 112 cm³/mol. The molecule has 1 N–H and O–H groups in total. The zero-order valence-corrected chi connectivity index (χ0v) is 16.6. The molecule has 28 heavy (non-hydrogen) atoms. The van der Waals surface area contributed by atoms with Gasteiger partial charge in [-0.15, -0.1) is 0 Å². The molecule has 1 heterocycles. The van der Waals surface area contributed by atoms with E-state index in [-0.39, 0.29) is 24.2 Å². The van der Waals surface area contributed by atoms with Gasteiger partial charge in [-0.3, -0.25) is 9.59 Å². The molecule has 2 aromatic carbocycles. The Morgan fingerprint density at radius 1 is 1.11 bits per heavy atom. The van der Waals surface area contributed by atoms with E-state index in [0.29, 0.717) is 13.2 Å². The summed E-state index contributed by atoms with van der Waals surface area (Å²) < 4.78 is 5.44. The molecule has 1 saturated heterocycles. The molecule has 2 amide bonds. The molecule has 3 rings (SSSR count). The summed E-state index contributed by atoms with van der Waals surface area (Å²) in [6.07, 6.45) is 3.61. The molecular weight excluding hydrogens is 352 g/mol. The lowest BCUT2D eigenvalue weighted by molar-refractivity contribution is -0.122. The van der Waals surface area contributed by atoms with E-state index in [1.807, 2.05) is 43.3 Å². The number of ether oxygens (including phenoxy) is 1. The fourth-order valence-electron chi connectivity index (χ4n) is 3.40. The summed E-state index contributed by atoms with van der Waals surface area (Å²) >= 11 is 0. The third kappa shape index (κ3) is 4.91. The van der Waals surface area contributed by atoms with Crippen molar-refractivity contribution in [2.24, 2.45) is 5.92 Å². The number of nitrogens with zero attached hydrogens (tertiary/aromatic N) is 1. The van der Waals surface area contributed by atoms with Gasteiger partial charge in [0.2, 0.25) is 11.8 Å². The number of nitrogens with one attached hydrogen (secondary N) is 1. The van der Waals surface area contributed by atoms with Gasteiger partial charge in [-0.1, -0.05) is 25.5 Å². The van der Waals surface area contributed by atoms with Crippen molar-refractivity contribution < 1.29 is 14.3 Å². The summed E-state index contributed by atoms with van der Waals surface area (Å²) in [5.74, 6) is 0.288. The van der Waals surface area contributed by atoms with Gasteiger partial charge in [0, 0.05) is 24.3 Å². The Bertz CT molecular complexity index is 800. The van der Waals surface area contributed by atoms with E-state index in [1.54, 1.807) is 4.90 Å². The van der Waals surface area contributed by atoms with Crippen molar-refractivity contribution in [3.05, 3.63) is 54.1 Å². The highest BCUT2D eigenvalue weighted by molar-refractivity contribution is 6.03. The van der Waals surface area contributed by atoms with E-state index in [4.69, 9.17) is 4.74 Å². The van der Waals surface area contributed by atoms with Crippen LogP contribution >= 0.6 is 0 Å². The SMILES string of the molecule is CCCCc1ccc(NC(=O)C2CC(=O)N(c3ccc(OCC)cc3)C2)cc1. The zero-order chi connectivity index (χ0) is 19.9. The van der Waals surface area contributed by atoms with Gasteiger partial charge in [0.15, 0.2) is 0 Å². The Balaban J connectivity index is 1.58. The third-order valence-corrected chi connectivity index (χ3v) is 5.00. The smallest absolute Gasteiger partial charge is 0.229 e. The minimum atomic E-state index is -0.348. The molecule has 0 saturated carbocycles. The van der Waals surface area contributed by atoms with E-state index in [0.717, 1.165) is 30.0 Å². The molecule has 0 aliphatic carbocycles. The standard InChI is InChI=1S/C23H28N2O3/c1-3-5-6-17-7-9-19(10-8-17)24-23(27)18-15-22(26)25(16-18)20-11-13-21(14-12-20)28-4-2/h7-14,18H,3-6,15-16H2,1-2H3,(H,24,27). The number of carbonyl (C=O) groups is 2. The summed E-state index contributed by atoms with van der Waals surface area (Å²) in [5, 5.41) is 2.95. The van der Waals surface area contributed by atoms with Crippen molar-refractivity contribution in [2.45, 2.75) is 39.5 Å². The van der Waals surface area contributed by atoms with Crippen LogP contribution < -0.4 is 15.0 Å². The number of hydrogen-bond acceptors (Lipinski definition) is 3. The molecule has 1 fully saturated rings. The molecule has 0 radical (unpaired) electrons. The van der Waals surface area contributed by atoms with Crippen LogP contribution in [0.2, 0.25) is 0 Å². The highest BCUT2D eigenvalue weighted by Crippen LogP contribution is 2.27. The van der Waals surface area contributed by atoms with Crippen LogP contribution in [0.15, 0.2) is 48.5 Å². The first-order chi connectivity index (χ1) is 13.6. The second-order valence-electron chi connectivity index (χ2n) is 7.12. The Morgan fingerprint density at radius 2 is 1.82 bits per heavy atom. The Labute approximate surface area is 166 Å². The highest BCUT2D eigenvalue weighted by atomic mass is 16.5. The molecule has 1 atom stereocenters. The fourth-order valence-corrected chi connectivity index (χ4v) is 3.40. The van der Waals surface area contributed by atoms with Gasteiger partial charge in [0.1, 0.15) is 5.75 Å². The zero-order valence-electron chi connectivity index (χ0n) is 16.6. The van der Waals surface area contributed by atoms with Crippen molar-refractivity contribution >= 4 is 23.2 Å². The fraction of sp³-hybridized carbons (Fsp3) is 0.391. The summed E-state index contributed by atoms with van der Waals surface area (Å²) in [5.41, 5.74) is 2.85. The summed E-state index contributed by atoms with van der Waals surface area (Å²) in [6, 6.07) is 15.4. The largest absolute Gasteiger partial charge is 0.494 e. The molecular formula is C23H28N2O3. The molecule has 2 aromatic rings. The number of unbranched alkanes of at least 4 members (excludes halogenated alkanes) is 1. The Morgan fingerprint density at radius 3 is 2.46 bits per heavy atom. The number of amides is 2. The maximum atomic E-state index is 12.6. The van der Waals surface area contributed by atoms with Crippen LogP contribution in [0.5, 0.6) is 5.75 Å². The van der Waals surface area contributed by atoms with Gasteiger partial charge in [0.25, 0.3) is 0 Å². The first-order valence-electron chi connectivity index (χ1n) is 10.0. The summed E-state index contributed by atoms with van der Waals surface area (Å²) in [7, 11) is 0. The van der Waals surface area contributed by atoms with Gasteiger partial charge < -0.3 is 15.0 Å². The van der Waals surface area contributed by atoms with E-state index in [9.17, 15) is 9.59 Å². The van der Waals surface area contributed by atoms with E-state index >= 15 is 0 Å². The number of anilines is 2. The van der Waals surface area contributed by atoms with Crippen LogP contribution in [0.4, 0.5) is 11.4 Å². The number of benzene rings is 2. The normalized spacial score (nSPS) is 16.3. The second kappa shape index (κ2) is 9.40. The lowest BCUT2D eigenvalue weighted by Gasteiger charge is -2.17. The van der Waals surface area contributed by atoms with Crippen molar-refractivity contribution in [1.29, 1.82) is 0 Å². The van der Waals surface area contributed by atoms with Crippen molar-refractivity contribution in [3.8, 4) is 5.75 Å². The quantitative estimate of drug-likeness (QED) is 0.737. The molecule has 5 heteroatoms. The number of rotatable bonds is 8. The van der Waals surface area contributed by atoms with E-state index < -0.39 is 0 Å². The molecule has 5 nitrogen and oxygen atoms in total. The molecule has 1 aliphatic heterocycles. The maximum Gasteiger partial charge on any atom is 0.229 e. The number of hydrogen-bond donors (Lipinski definition) is 1. The molecule has 0 bridgehead atoms. The van der Waals surface area contributed by atoms with E-state index in [2.05, 4.69) is 24.4 Å². The molecule has 0 aromatic heterocycles.